The molecule has 0 spiro atoms. The lowest BCUT2D eigenvalue weighted by Crippen LogP contribution is -2.58. The third-order valence-corrected chi connectivity index (χ3v) is 3.73. The third kappa shape index (κ3) is 4.78. The number of hydrogen-bond acceptors (Lipinski definition) is 12. The molecule has 0 aromatic heterocycles. The van der Waals surface area contributed by atoms with Crippen LogP contribution < -0.4 is 0 Å². The van der Waals surface area contributed by atoms with E-state index in [-0.39, 0.29) is 0 Å². The van der Waals surface area contributed by atoms with E-state index < -0.39 is 74.6 Å². The maximum absolute atomic E-state index is 9.12. The van der Waals surface area contributed by atoms with Crippen molar-refractivity contribution in [1.82, 2.24) is 0 Å². The molecule has 2 aliphatic heterocycles. The zero-order valence-corrected chi connectivity index (χ0v) is 12.5. The molecule has 144 valence electrons. The topological polar surface area (TPSA) is 221 Å². The molecule has 2 fully saturated rings. The maximum Gasteiger partial charge on any atom is 0.184 e. The standard InChI is InChI=1S/2C6H12O6/c2*7-1-2-3(8)4(9)5(10)6(11)12-2/h2*2-11H,1H2/t2-,3-,4+,5-,6?;2-,3-,4+,5-,6-/m11/s1. The number of hydrogen-bond donors (Lipinski definition) is 10. The Labute approximate surface area is 136 Å². The van der Waals surface area contributed by atoms with Gasteiger partial charge in [0.1, 0.15) is 48.8 Å². The quantitative estimate of drug-likeness (QED) is 0.222. The minimum Gasteiger partial charge on any atom is -0.394 e. The molecule has 0 amide bonds. The Morgan fingerprint density at radius 3 is 1.00 bits per heavy atom. The summed E-state index contributed by atoms with van der Waals surface area (Å²) in [5.74, 6) is 0. The lowest BCUT2D eigenvalue weighted by atomic mass is 10.00. The van der Waals surface area contributed by atoms with Crippen LogP contribution in [0.1, 0.15) is 0 Å². The van der Waals surface area contributed by atoms with Crippen molar-refractivity contribution in [3.05, 3.63) is 0 Å². The van der Waals surface area contributed by atoms with Crippen LogP contribution in [0.2, 0.25) is 0 Å². The highest BCUT2D eigenvalue weighted by Crippen LogP contribution is 2.19. The predicted octanol–water partition coefficient (Wildman–Crippen LogP) is -6.44. The summed E-state index contributed by atoms with van der Waals surface area (Å²) in [6.07, 6.45) is -14.1. The number of ether oxygens (including phenoxy) is 2. The maximum atomic E-state index is 9.12. The fraction of sp³-hybridized carbons (Fsp3) is 1.00. The molecule has 0 radical (unpaired) electrons. The average Bonchev–Trinajstić information content (AvgIpc) is 2.58. The Kier molecular flexibility index (Phi) is 8.34. The van der Waals surface area contributed by atoms with E-state index in [9.17, 15) is 0 Å². The van der Waals surface area contributed by atoms with Crippen molar-refractivity contribution in [3.8, 4) is 0 Å². The Morgan fingerprint density at radius 2 is 0.750 bits per heavy atom. The molecule has 0 saturated carbocycles. The molecule has 12 heteroatoms. The molecule has 2 rings (SSSR count). The highest BCUT2D eigenvalue weighted by atomic mass is 16.6. The van der Waals surface area contributed by atoms with Crippen LogP contribution in [0, 0.1) is 0 Å². The van der Waals surface area contributed by atoms with Crippen molar-refractivity contribution >= 4 is 0 Å². The molecule has 0 bridgehead atoms. The van der Waals surface area contributed by atoms with Gasteiger partial charge in [-0.3, -0.25) is 0 Å². The first-order valence-electron chi connectivity index (χ1n) is 7.12. The largest absolute Gasteiger partial charge is 0.394 e. The van der Waals surface area contributed by atoms with Crippen molar-refractivity contribution in [3.63, 3.8) is 0 Å². The first-order chi connectivity index (χ1) is 11.1. The van der Waals surface area contributed by atoms with Crippen molar-refractivity contribution in [2.75, 3.05) is 13.2 Å². The van der Waals surface area contributed by atoms with Gasteiger partial charge in [-0.25, -0.2) is 0 Å². The van der Waals surface area contributed by atoms with Crippen LogP contribution >= 0.6 is 0 Å². The Bertz CT molecular complexity index is 326. The normalized spacial score (nSPS) is 49.2. The van der Waals surface area contributed by atoms with Gasteiger partial charge in [-0.1, -0.05) is 0 Å². The highest BCUT2D eigenvalue weighted by molar-refractivity contribution is 4.88. The third-order valence-electron chi connectivity index (χ3n) is 3.73. The summed E-state index contributed by atoms with van der Waals surface area (Å²) in [7, 11) is 0. The van der Waals surface area contributed by atoms with E-state index in [0.717, 1.165) is 0 Å². The zero-order valence-electron chi connectivity index (χ0n) is 12.5. The van der Waals surface area contributed by atoms with Gasteiger partial charge in [-0.2, -0.15) is 0 Å². The van der Waals surface area contributed by atoms with Gasteiger partial charge in [0.15, 0.2) is 12.6 Å². The second-order valence-corrected chi connectivity index (χ2v) is 5.44. The van der Waals surface area contributed by atoms with Gasteiger partial charge >= 0.3 is 0 Å². The van der Waals surface area contributed by atoms with E-state index in [4.69, 9.17) is 51.1 Å². The van der Waals surface area contributed by atoms with Crippen LogP contribution in [0.5, 0.6) is 0 Å². The number of aliphatic hydroxyl groups is 10. The molecule has 12 nitrogen and oxygen atoms in total. The lowest BCUT2D eigenvalue weighted by Gasteiger charge is -2.37. The summed E-state index contributed by atoms with van der Waals surface area (Å²) in [5.41, 5.74) is 0. The van der Waals surface area contributed by atoms with E-state index in [2.05, 4.69) is 9.47 Å². The fourth-order valence-electron chi connectivity index (χ4n) is 2.16. The van der Waals surface area contributed by atoms with Gasteiger partial charge in [-0.15, -0.1) is 0 Å². The monoisotopic (exact) mass is 360 g/mol. The molecule has 2 heterocycles. The van der Waals surface area contributed by atoms with Crippen molar-refractivity contribution in [2.24, 2.45) is 0 Å². The predicted molar refractivity (Wildman–Crippen MR) is 72.0 cm³/mol. The van der Waals surface area contributed by atoms with Crippen molar-refractivity contribution in [1.29, 1.82) is 0 Å². The molecule has 2 aliphatic rings. The van der Waals surface area contributed by atoms with E-state index in [1.54, 1.807) is 0 Å². The molecule has 24 heavy (non-hydrogen) atoms. The molecule has 0 aliphatic carbocycles. The van der Waals surface area contributed by atoms with Gasteiger partial charge < -0.3 is 60.5 Å². The molecule has 2 saturated heterocycles. The first kappa shape index (κ1) is 21.6. The van der Waals surface area contributed by atoms with Gasteiger partial charge in [0.05, 0.1) is 13.2 Å². The van der Waals surface area contributed by atoms with Crippen LogP contribution in [0.3, 0.4) is 0 Å². The molecule has 0 aromatic rings. The highest BCUT2D eigenvalue weighted by Gasteiger charge is 2.43. The SMILES string of the molecule is OC[C@H]1OC(O)[C@H](O)[C@@H](O)[C@@H]1O.OC[C@H]1O[C@@H](O)[C@H](O)[C@@H](O)[C@@H]1O. The van der Waals surface area contributed by atoms with Crippen LogP contribution in [0.15, 0.2) is 0 Å². The Morgan fingerprint density at radius 1 is 0.458 bits per heavy atom. The van der Waals surface area contributed by atoms with Crippen molar-refractivity contribution in [2.45, 2.75) is 61.4 Å². The van der Waals surface area contributed by atoms with Crippen molar-refractivity contribution < 1.29 is 60.5 Å². The van der Waals surface area contributed by atoms with Gasteiger partial charge in [0.2, 0.25) is 0 Å². The van der Waals surface area contributed by atoms with Gasteiger partial charge in [0.25, 0.3) is 0 Å². The second kappa shape index (κ2) is 9.28. The summed E-state index contributed by atoms with van der Waals surface area (Å²) >= 11 is 0. The zero-order chi connectivity index (χ0) is 18.6. The molecule has 10 atom stereocenters. The van der Waals surface area contributed by atoms with Crippen LogP contribution in [0.4, 0.5) is 0 Å². The van der Waals surface area contributed by atoms with E-state index >= 15 is 0 Å². The number of rotatable bonds is 2. The van der Waals surface area contributed by atoms with Gasteiger partial charge in [-0.05, 0) is 0 Å². The first-order valence-corrected chi connectivity index (χ1v) is 7.12. The van der Waals surface area contributed by atoms with E-state index in [1.165, 1.54) is 0 Å². The van der Waals surface area contributed by atoms with E-state index in [1.807, 2.05) is 0 Å². The summed E-state index contributed by atoms with van der Waals surface area (Å²) in [5, 5.41) is 89.3. The summed E-state index contributed by atoms with van der Waals surface area (Å²) in [4.78, 5) is 0. The van der Waals surface area contributed by atoms with Crippen LogP contribution in [-0.2, 0) is 9.47 Å². The molecule has 0 aromatic carbocycles. The Balaban J connectivity index is 0.000000240. The number of aliphatic hydroxyl groups excluding tert-OH is 10. The molecular weight excluding hydrogens is 336 g/mol. The summed E-state index contributed by atoms with van der Waals surface area (Å²) in [6, 6.07) is 0. The minimum atomic E-state index is -1.57. The summed E-state index contributed by atoms with van der Waals surface area (Å²) < 4.78 is 9.15. The van der Waals surface area contributed by atoms with Crippen LogP contribution in [-0.4, -0.2) is 126 Å². The van der Waals surface area contributed by atoms with Crippen LogP contribution in [0.25, 0.3) is 0 Å². The smallest absolute Gasteiger partial charge is 0.184 e. The molecular formula is C12H24O12. The second-order valence-electron chi connectivity index (χ2n) is 5.44. The lowest BCUT2D eigenvalue weighted by molar-refractivity contribution is -0.286. The summed E-state index contributed by atoms with van der Waals surface area (Å²) in [6.45, 7) is -1.05. The Hall–Kier alpha value is -0.480. The fourth-order valence-corrected chi connectivity index (χ4v) is 2.16. The average molecular weight is 360 g/mol. The molecule has 10 N–H and O–H groups in total. The van der Waals surface area contributed by atoms with Gasteiger partial charge in [0, 0.05) is 0 Å². The molecule has 1 unspecified atom stereocenters. The van der Waals surface area contributed by atoms with E-state index in [0.29, 0.717) is 0 Å². The minimum absolute atomic E-state index is 0.526.